The molecule has 3 aromatic rings. The summed E-state index contributed by atoms with van der Waals surface area (Å²) in [5.41, 5.74) is 3.95. The zero-order valence-electron chi connectivity index (χ0n) is 12.5. The third-order valence-corrected chi connectivity index (χ3v) is 4.07. The number of nitrogens with zero attached hydrogens (tertiary/aromatic N) is 2. The van der Waals surface area contributed by atoms with Crippen molar-refractivity contribution in [2.45, 2.75) is 13.0 Å². The van der Waals surface area contributed by atoms with E-state index < -0.39 is 5.76 Å². The Kier molecular flexibility index (Phi) is 3.05. The van der Waals surface area contributed by atoms with Crippen molar-refractivity contribution in [1.29, 1.82) is 0 Å². The largest absolute Gasteiger partial charge is 0.419 e. The van der Waals surface area contributed by atoms with E-state index in [2.05, 4.69) is 20.8 Å². The van der Waals surface area contributed by atoms with Gasteiger partial charge in [0.25, 0.3) is 5.91 Å². The average Bonchev–Trinajstić information content (AvgIpc) is 3.09. The summed E-state index contributed by atoms with van der Waals surface area (Å²) in [5, 5.41) is 13.1. The van der Waals surface area contributed by atoms with Gasteiger partial charge in [-0.1, -0.05) is 0 Å². The Bertz CT molecular complexity index is 965. The number of aryl methyl sites for hydroxylation is 1. The number of hydrogen-bond acceptors (Lipinski definition) is 5. The highest BCUT2D eigenvalue weighted by atomic mass is 16.4. The number of carbonyl (C=O) groups excluding carboxylic acids is 1. The molecule has 0 bridgehead atoms. The van der Waals surface area contributed by atoms with Crippen LogP contribution in [0.15, 0.2) is 27.4 Å². The quantitative estimate of drug-likeness (QED) is 0.647. The molecular weight excluding hydrogens is 298 g/mol. The Labute approximate surface area is 130 Å². The number of aromatic amines is 1. The van der Waals surface area contributed by atoms with Gasteiger partial charge in [-0.05, 0) is 12.1 Å². The molecule has 0 saturated heterocycles. The molecular formula is C15H15N5O3. The van der Waals surface area contributed by atoms with Crippen LogP contribution in [0.4, 0.5) is 5.69 Å². The molecule has 0 atom stereocenters. The molecule has 0 unspecified atom stereocenters. The fourth-order valence-electron chi connectivity index (χ4n) is 2.81. The Morgan fingerprint density at radius 2 is 2.30 bits per heavy atom. The van der Waals surface area contributed by atoms with Gasteiger partial charge in [0.15, 0.2) is 11.3 Å². The molecule has 0 radical (unpaired) electrons. The lowest BCUT2D eigenvalue weighted by atomic mass is 10.1. The standard InChI is InChI=1S/C15H15N5O3/c1-20-11-3-2-8(6-12(11)23-15(20)22)17-14(21)13-9-7-16-5-4-10(9)18-19-13/h2-3,6,16H,4-5,7H2,1H3,(H,17,21)(H,18,19). The monoisotopic (exact) mass is 313 g/mol. The molecule has 8 heteroatoms. The number of rotatable bonds is 2. The number of anilines is 1. The van der Waals surface area contributed by atoms with Gasteiger partial charge in [0, 0.05) is 49.6 Å². The summed E-state index contributed by atoms with van der Waals surface area (Å²) in [6.07, 6.45) is 0.830. The minimum absolute atomic E-state index is 0.288. The molecule has 1 aliphatic rings. The molecule has 23 heavy (non-hydrogen) atoms. The van der Waals surface area contributed by atoms with Crippen molar-refractivity contribution < 1.29 is 9.21 Å². The van der Waals surface area contributed by atoms with Crippen LogP contribution in [0.1, 0.15) is 21.7 Å². The van der Waals surface area contributed by atoms with E-state index in [1.165, 1.54) is 4.57 Å². The van der Waals surface area contributed by atoms with Crippen LogP contribution in [0.2, 0.25) is 0 Å². The first-order valence-corrected chi connectivity index (χ1v) is 7.31. The van der Waals surface area contributed by atoms with E-state index in [9.17, 15) is 9.59 Å². The number of amides is 1. The van der Waals surface area contributed by atoms with Crippen LogP contribution < -0.4 is 16.4 Å². The third-order valence-electron chi connectivity index (χ3n) is 4.07. The normalized spacial score (nSPS) is 14.0. The molecule has 4 rings (SSSR count). The Morgan fingerprint density at radius 1 is 1.43 bits per heavy atom. The highest BCUT2D eigenvalue weighted by molar-refractivity contribution is 6.04. The Hall–Kier alpha value is -2.87. The number of carbonyl (C=O) groups is 1. The summed E-state index contributed by atoms with van der Waals surface area (Å²) in [4.78, 5) is 23.9. The van der Waals surface area contributed by atoms with Crippen molar-refractivity contribution in [1.82, 2.24) is 20.1 Å². The van der Waals surface area contributed by atoms with Gasteiger partial charge in [-0.3, -0.25) is 14.5 Å². The maximum atomic E-state index is 12.4. The predicted molar refractivity (Wildman–Crippen MR) is 83.4 cm³/mol. The maximum Gasteiger partial charge on any atom is 0.419 e. The van der Waals surface area contributed by atoms with E-state index >= 15 is 0 Å². The Morgan fingerprint density at radius 3 is 3.17 bits per heavy atom. The lowest BCUT2D eigenvalue weighted by molar-refractivity contribution is 0.102. The first-order chi connectivity index (χ1) is 11.1. The van der Waals surface area contributed by atoms with Crippen LogP contribution in [0.25, 0.3) is 11.1 Å². The number of H-pyrrole nitrogens is 1. The summed E-state index contributed by atoms with van der Waals surface area (Å²) in [7, 11) is 1.63. The fraction of sp³-hybridized carbons (Fsp3) is 0.267. The first kappa shape index (κ1) is 13.8. The molecule has 1 aliphatic heterocycles. The van der Waals surface area contributed by atoms with Crippen molar-refractivity contribution in [3.8, 4) is 0 Å². The molecule has 3 heterocycles. The van der Waals surface area contributed by atoms with Crippen LogP contribution in [0.3, 0.4) is 0 Å². The fourth-order valence-corrected chi connectivity index (χ4v) is 2.81. The van der Waals surface area contributed by atoms with Gasteiger partial charge in [-0.15, -0.1) is 0 Å². The summed E-state index contributed by atoms with van der Waals surface area (Å²) >= 11 is 0. The van der Waals surface area contributed by atoms with Crippen molar-refractivity contribution in [3.63, 3.8) is 0 Å². The molecule has 1 aromatic carbocycles. The lowest BCUT2D eigenvalue weighted by Crippen LogP contribution is -2.25. The Balaban J connectivity index is 1.64. The highest BCUT2D eigenvalue weighted by Crippen LogP contribution is 2.20. The molecule has 0 fully saturated rings. The van der Waals surface area contributed by atoms with Crippen LogP contribution in [0.5, 0.6) is 0 Å². The molecule has 1 amide bonds. The minimum atomic E-state index is -0.434. The van der Waals surface area contributed by atoms with Crippen molar-refractivity contribution in [3.05, 3.63) is 45.7 Å². The van der Waals surface area contributed by atoms with E-state index in [0.717, 1.165) is 24.2 Å². The zero-order chi connectivity index (χ0) is 16.0. The molecule has 8 nitrogen and oxygen atoms in total. The second-order valence-corrected chi connectivity index (χ2v) is 5.52. The van der Waals surface area contributed by atoms with Gasteiger partial charge in [0.1, 0.15) is 0 Å². The second-order valence-electron chi connectivity index (χ2n) is 5.52. The summed E-state index contributed by atoms with van der Waals surface area (Å²) in [5.74, 6) is -0.722. The highest BCUT2D eigenvalue weighted by Gasteiger charge is 2.21. The molecule has 118 valence electrons. The molecule has 0 saturated carbocycles. The van der Waals surface area contributed by atoms with Crippen LogP contribution in [0, 0.1) is 0 Å². The molecule has 3 N–H and O–H groups in total. The van der Waals surface area contributed by atoms with Gasteiger partial charge >= 0.3 is 5.76 Å². The number of benzene rings is 1. The van der Waals surface area contributed by atoms with E-state index in [1.54, 1.807) is 25.2 Å². The topological polar surface area (TPSA) is 105 Å². The second kappa shape index (κ2) is 5.10. The van der Waals surface area contributed by atoms with Crippen LogP contribution >= 0.6 is 0 Å². The van der Waals surface area contributed by atoms with Crippen molar-refractivity contribution in [2.24, 2.45) is 7.05 Å². The first-order valence-electron chi connectivity index (χ1n) is 7.31. The van der Waals surface area contributed by atoms with Crippen molar-refractivity contribution in [2.75, 3.05) is 11.9 Å². The van der Waals surface area contributed by atoms with Crippen molar-refractivity contribution >= 4 is 22.7 Å². The number of hydrogen-bond donors (Lipinski definition) is 3. The number of aromatic nitrogens is 3. The minimum Gasteiger partial charge on any atom is -0.408 e. The van der Waals surface area contributed by atoms with E-state index in [-0.39, 0.29) is 5.91 Å². The van der Waals surface area contributed by atoms with Crippen LogP contribution in [-0.2, 0) is 20.0 Å². The number of fused-ring (bicyclic) bond motifs is 2. The summed E-state index contributed by atoms with van der Waals surface area (Å²) < 4.78 is 6.54. The van der Waals surface area contributed by atoms with Crippen LogP contribution in [-0.4, -0.2) is 27.2 Å². The predicted octanol–water partition coefficient (Wildman–Crippen LogP) is 0.753. The average molecular weight is 313 g/mol. The SMILES string of the molecule is Cn1c(=O)oc2cc(NC(=O)c3n[nH]c4c3CNCC4)ccc21. The van der Waals surface area contributed by atoms with Gasteiger partial charge in [0.2, 0.25) is 0 Å². The number of oxazole rings is 1. The summed E-state index contributed by atoms with van der Waals surface area (Å²) in [6, 6.07) is 5.09. The molecule has 0 aliphatic carbocycles. The van der Waals surface area contributed by atoms with Gasteiger partial charge in [0.05, 0.1) is 5.52 Å². The lowest BCUT2D eigenvalue weighted by Gasteiger charge is -2.12. The van der Waals surface area contributed by atoms with E-state index in [0.29, 0.717) is 29.0 Å². The summed E-state index contributed by atoms with van der Waals surface area (Å²) in [6.45, 7) is 1.50. The smallest absolute Gasteiger partial charge is 0.408 e. The van der Waals surface area contributed by atoms with E-state index in [4.69, 9.17) is 4.42 Å². The van der Waals surface area contributed by atoms with Gasteiger partial charge < -0.3 is 15.1 Å². The molecule has 0 spiro atoms. The third kappa shape index (κ3) is 2.23. The zero-order valence-corrected chi connectivity index (χ0v) is 12.5. The van der Waals surface area contributed by atoms with Gasteiger partial charge in [-0.25, -0.2) is 4.79 Å². The molecule has 2 aromatic heterocycles. The van der Waals surface area contributed by atoms with E-state index in [1.807, 2.05) is 0 Å². The number of nitrogens with one attached hydrogen (secondary N) is 3. The van der Waals surface area contributed by atoms with Gasteiger partial charge in [-0.2, -0.15) is 5.10 Å². The maximum absolute atomic E-state index is 12.4.